The van der Waals surface area contributed by atoms with Crippen LogP contribution < -0.4 is 9.47 Å². The van der Waals surface area contributed by atoms with Gasteiger partial charge in [0.25, 0.3) is 0 Å². The first-order chi connectivity index (χ1) is 25.0. The Hall–Kier alpha value is -3.46. The molecule has 280 valence electrons. The van der Waals surface area contributed by atoms with Gasteiger partial charge in [-0.2, -0.15) is 0 Å². The average Bonchev–Trinajstić information content (AvgIpc) is 3.13. The molecule has 4 aromatic carbocycles. The van der Waals surface area contributed by atoms with Crippen molar-refractivity contribution < 1.29 is 18.4 Å². The van der Waals surface area contributed by atoms with Crippen LogP contribution >= 0.6 is 0 Å². The fourth-order valence-corrected chi connectivity index (χ4v) is 16.7. The van der Waals surface area contributed by atoms with Gasteiger partial charge in [-0.3, -0.25) is 4.79 Å². The Morgan fingerprint density at radius 1 is 0.596 bits per heavy atom. The molecule has 52 heavy (non-hydrogen) atoms. The minimum Gasteiger partial charge on any atom is -0.496 e. The zero-order valence-corrected chi connectivity index (χ0v) is 35.1. The number of carbonyl (C=O) groups excluding carboxylic acids is 1. The lowest BCUT2D eigenvalue weighted by atomic mass is 9.84. The van der Waals surface area contributed by atoms with Gasteiger partial charge in [-0.15, -0.1) is 0 Å². The third kappa shape index (κ3) is 13.2. The summed E-state index contributed by atoms with van der Waals surface area (Å²) < 4.78 is 18.4. The van der Waals surface area contributed by atoms with E-state index in [9.17, 15) is 4.79 Å². The summed E-state index contributed by atoms with van der Waals surface area (Å²) in [7, 11) is -1.34. The predicted octanol–water partition coefficient (Wildman–Crippen LogP) is 13.8. The molecular weight excluding hydrogens is 673 g/mol. The lowest BCUT2D eigenvalue weighted by Gasteiger charge is -2.34. The monoisotopic (exact) mass is 736 g/mol. The fourth-order valence-electron chi connectivity index (χ4n) is 7.58. The van der Waals surface area contributed by atoms with Crippen molar-refractivity contribution in [3.05, 3.63) is 108 Å². The molecule has 1 unspecified atom stereocenters. The van der Waals surface area contributed by atoms with Crippen molar-refractivity contribution in [2.24, 2.45) is 0 Å². The van der Waals surface area contributed by atoms with Gasteiger partial charge in [0.1, 0.15) is 11.5 Å². The van der Waals surface area contributed by atoms with Gasteiger partial charge in [-0.05, 0) is 91.2 Å². The number of benzene rings is 4. The molecular formula is C46H64O4Si2. The highest BCUT2D eigenvalue weighted by molar-refractivity contribution is 6.84. The van der Waals surface area contributed by atoms with E-state index in [4.69, 9.17) is 13.6 Å². The smallest absolute Gasteiger partial charge is 0.308 e. The van der Waals surface area contributed by atoms with Crippen molar-refractivity contribution in [1.82, 2.24) is 0 Å². The number of methoxy groups -OCH3 is 1. The Labute approximate surface area is 317 Å². The lowest BCUT2D eigenvalue weighted by molar-refractivity contribution is -0.131. The summed E-state index contributed by atoms with van der Waals surface area (Å²) in [5, 5.41) is 0. The second kappa shape index (κ2) is 20.7. The average molecular weight is 737 g/mol. The summed E-state index contributed by atoms with van der Waals surface area (Å²) in [6, 6.07) is 36.3. The number of unbranched alkanes of at least 4 members (excludes halogenated alkanes) is 8. The van der Waals surface area contributed by atoms with Crippen molar-refractivity contribution in [3.63, 3.8) is 0 Å². The first kappa shape index (κ1) is 41.3. The summed E-state index contributed by atoms with van der Waals surface area (Å²) in [6.45, 7) is 13.5. The van der Waals surface area contributed by atoms with Crippen molar-refractivity contribution >= 4 is 22.6 Å². The molecule has 0 amide bonds. The highest BCUT2D eigenvalue weighted by atomic mass is 28.4. The highest BCUT2D eigenvalue weighted by Gasteiger charge is 2.32. The van der Waals surface area contributed by atoms with Gasteiger partial charge in [-0.1, -0.05) is 144 Å². The van der Waals surface area contributed by atoms with E-state index in [1.165, 1.54) is 87.9 Å². The summed E-state index contributed by atoms with van der Waals surface area (Å²) in [5.74, 6) is 1.34. The molecule has 0 aliphatic rings. The Bertz CT molecular complexity index is 1650. The van der Waals surface area contributed by atoms with Crippen LogP contribution in [0.2, 0.25) is 38.3 Å². The van der Waals surface area contributed by atoms with Crippen molar-refractivity contribution in [2.45, 2.75) is 129 Å². The van der Waals surface area contributed by atoms with Gasteiger partial charge < -0.3 is 13.6 Å². The van der Waals surface area contributed by atoms with Crippen LogP contribution in [-0.4, -0.2) is 29.7 Å². The van der Waals surface area contributed by atoms with Crippen molar-refractivity contribution in [2.75, 3.05) is 7.11 Å². The third-order valence-corrected chi connectivity index (χ3v) is 17.7. The van der Waals surface area contributed by atoms with E-state index in [-0.39, 0.29) is 11.9 Å². The molecule has 0 radical (unpaired) electrons. The molecule has 4 rings (SSSR count). The van der Waals surface area contributed by atoms with E-state index in [0.29, 0.717) is 5.75 Å². The van der Waals surface area contributed by atoms with E-state index in [1.807, 2.05) is 30.3 Å². The summed E-state index contributed by atoms with van der Waals surface area (Å²) in [6.07, 6.45) is 13.8. The van der Waals surface area contributed by atoms with Gasteiger partial charge in [-0.25, -0.2) is 0 Å². The van der Waals surface area contributed by atoms with Crippen LogP contribution in [0.5, 0.6) is 11.5 Å². The van der Waals surface area contributed by atoms with Gasteiger partial charge in [0.2, 0.25) is 0 Å². The van der Waals surface area contributed by atoms with Crippen LogP contribution in [0.3, 0.4) is 0 Å². The fraction of sp³-hybridized carbons (Fsp3) is 0.457. The Kier molecular flexibility index (Phi) is 16.4. The topological polar surface area (TPSA) is 44.8 Å². The molecule has 0 aliphatic carbocycles. The molecule has 0 saturated heterocycles. The molecule has 1 atom stereocenters. The second-order valence-corrected chi connectivity index (χ2v) is 24.5. The normalized spacial score (nSPS) is 12.4. The molecule has 6 heteroatoms. The maximum atomic E-state index is 12.0. The van der Waals surface area contributed by atoms with Gasteiger partial charge in [0, 0.05) is 24.0 Å². The molecule has 0 spiro atoms. The van der Waals surface area contributed by atoms with Crippen LogP contribution in [0.15, 0.2) is 97.1 Å². The van der Waals surface area contributed by atoms with E-state index in [2.05, 4.69) is 99.8 Å². The van der Waals surface area contributed by atoms with Crippen LogP contribution in [-0.2, 0) is 8.91 Å². The van der Waals surface area contributed by atoms with Crippen LogP contribution in [0.4, 0.5) is 0 Å². The molecule has 0 heterocycles. The van der Waals surface area contributed by atoms with Crippen molar-refractivity contribution in [1.29, 1.82) is 0 Å². The number of carbonyl (C=O) groups is 1. The molecule has 4 nitrogen and oxygen atoms in total. The SMILES string of the molecule is CCCC[Si](C)(C)O[Si](C)(C)CCCCCCCCCCC(c1ccc(OC)c(-c2ccccc2)c1)c1ccc(OC(C)=O)c(-c2ccccc2)c1. The highest BCUT2D eigenvalue weighted by Crippen LogP contribution is 2.40. The summed E-state index contributed by atoms with van der Waals surface area (Å²) >= 11 is 0. The zero-order valence-electron chi connectivity index (χ0n) is 33.1. The second-order valence-electron chi connectivity index (χ2n) is 15.7. The number of hydrogen-bond acceptors (Lipinski definition) is 4. The quantitative estimate of drug-likeness (QED) is 0.0349. The minimum absolute atomic E-state index is 0.187. The van der Waals surface area contributed by atoms with E-state index in [1.54, 1.807) is 7.11 Å². The van der Waals surface area contributed by atoms with Crippen molar-refractivity contribution in [3.8, 4) is 33.8 Å². The number of rotatable bonds is 22. The van der Waals surface area contributed by atoms with Gasteiger partial charge >= 0.3 is 5.97 Å². The van der Waals surface area contributed by atoms with Crippen LogP contribution in [0.25, 0.3) is 22.3 Å². The van der Waals surface area contributed by atoms with Gasteiger partial charge in [0.05, 0.1) is 7.11 Å². The maximum absolute atomic E-state index is 12.0. The standard InChI is InChI=1S/C46H64O4Si2/c1-8-9-33-51(4,5)50-52(6,7)34-23-15-13-11-10-12-14-22-28-42(40-29-31-45(48-3)43(35-40)38-24-18-16-19-25-38)41-30-32-46(49-37(2)47)44(36-41)39-26-20-17-21-27-39/h16-21,24-27,29-32,35-36,42H,8-15,22-23,28,33-34H2,1-7H3. The molecule has 4 aromatic rings. The molecule has 0 aromatic heterocycles. The first-order valence-electron chi connectivity index (χ1n) is 19.8. The zero-order chi connectivity index (χ0) is 37.4. The Morgan fingerprint density at radius 2 is 1.06 bits per heavy atom. The molecule has 0 N–H and O–H groups in total. The third-order valence-electron chi connectivity index (χ3n) is 10.2. The molecule has 0 saturated carbocycles. The Balaban J connectivity index is 1.41. The first-order valence-corrected chi connectivity index (χ1v) is 26.1. The minimum atomic E-state index is -1.57. The number of ether oxygens (including phenoxy) is 2. The van der Waals surface area contributed by atoms with E-state index < -0.39 is 16.6 Å². The molecule has 0 fully saturated rings. The van der Waals surface area contributed by atoms with Crippen LogP contribution in [0.1, 0.15) is 102 Å². The van der Waals surface area contributed by atoms with E-state index in [0.717, 1.165) is 40.8 Å². The largest absolute Gasteiger partial charge is 0.496 e. The summed E-state index contributed by atoms with van der Waals surface area (Å²) in [4.78, 5) is 12.0. The molecule has 0 bridgehead atoms. The summed E-state index contributed by atoms with van der Waals surface area (Å²) in [5.41, 5.74) is 6.72. The van der Waals surface area contributed by atoms with Gasteiger partial charge in [0.15, 0.2) is 16.6 Å². The molecule has 0 aliphatic heterocycles. The lowest BCUT2D eigenvalue weighted by Crippen LogP contribution is -2.44. The van der Waals surface area contributed by atoms with E-state index >= 15 is 0 Å². The van der Waals surface area contributed by atoms with Crippen LogP contribution in [0, 0.1) is 0 Å². The Morgan fingerprint density at radius 3 is 1.56 bits per heavy atom. The number of hydrogen-bond donors (Lipinski definition) is 0. The number of esters is 1. The predicted molar refractivity (Wildman–Crippen MR) is 226 cm³/mol. The maximum Gasteiger partial charge on any atom is 0.308 e.